The Kier molecular flexibility index (Phi) is 6.45. The molecule has 8 heavy (non-hydrogen) atoms. The molecule has 0 aliphatic rings. The van der Waals surface area contributed by atoms with E-state index in [9.17, 15) is 5.11 Å². The highest BCUT2D eigenvalue weighted by molar-refractivity contribution is 4.75. The Balaban J connectivity index is 2.72. The van der Waals surface area contributed by atoms with Crippen molar-refractivity contribution in [2.24, 2.45) is 0 Å². The number of hydrogen-bond donors (Lipinski definition) is 0. The van der Waals surface area contributed by atoms with E-state index in [1.54, 1.807) is 0 Å². The summed E-state index contributed by atoms with van der Waals surface area (Å²) < 4.78 is 0. The molecule has 47 valence electrons. The van der Waals surface area contributed by atoms with Crippen molar-refractivity contribution in [3.63, 3.8) is 0 Å². The molecule has 0 aliphatic heterocycles. The molecule has 0 aromatic rings. The van der Waals surface area contributed by atoms with E-state index in [2.05, 4.69) is 6.08 Å². The van der Waals surface area contributed by atoms with Crippen molar-refractivity contribution in [3.8, 4) is 0 Å². The molecule has 0 bridgehead atoms. The van der Waals surface area contributed by atoms with Crippen LogP contribution in [0.4, 0.5) is 0 Å². The van der Waals surface area contributed by atoms with Crippen molar-refractivity contribution in [1.82, 2.24) is 0 Å². The lowest BCUT2D eigenvalue weighted by Gasteiger charge is -1.87. The molecule has 1 radical (unpaired) electrons. The van der Waals surface area contributed by atoms with Crippen LogP contribution in [-0.4, -0.2) is 6.61 Å². The zero-order valence-electron chi connectivity index (χ0n) is 5.39. The topological polar surface area (TPSA) is 19.9 Å². The molecule has 0 aromatic heterocycles. The number of allylic oxidation sites excluding steroid dienone is 2. The molecule has 0 heterocycles. The highest BCUT2D eigenvalue weighted by Crippen LogP contribution is 1.94. The SMILES string of the molecule is C/C=C\CCCC[O]. The number of rotatable bonds is 4. The molecule has 0 atom stereocenters. The smallest absolute Gasteiger partial charge is 0.0822 e. The Bertz CT molecular complexity index is 57.4. The van der Waals surface area contributed by atoms with Crippen molar-refractivity contribution in [1.29, 1.82) is 0 Å². The zero-order chi connectivity index (χ0) is 6.24. The first-order valence-corrected chi connectivity index (χ1v) is 3.11. The molecule has 0 amide bonds. The second-order valence-electron chi connectivity index (χ2n) is 1.77. The molecule has 1 heteroatoms. The van der Waals surface area contributed by atoms with Crippen molar-refractivity contribution in [2.75, 3.05) is 6.61 Å². The first kappa shape index (κ1) is 7.70. The van der Waals surface area contributed by atoms with Crippen molar-refractivity contribution in [2.45, 2.75) is 26.2 Å². The third-order valence-corrected chi connectivity index (χ3v) is 1.00. The molecule has 0 saturated heterocycles. The molecular formula is C7H13O. The van der Waals surface area contributed by atoms with Gasteiger partial charge in [-0.1, -0.05) is 12.2 Å². The monoisotopic (exact) mass is 113 g/mol. The summed E-state index contributed by atoms with van der Waals surface area (Å²) in [5, 5.41) is 9.87. The zero-order valence-corrected chi connectivity index (χ0v) is 5.39. The second-order valence-corrected chi connectivity index (χ2v) is 1.77. The van der Waals surface area contributed by atoms with Gasteiger partial charge in [-0.05, 0) is 26.2 Å². The molecule has 0 aliphatic carbocycles. The van der Waals surface area contributed by atoms with E-state index in [0.29, 0.717) is 0 Å². The fraction of sp³-hybridized carbons (Fsp3) is 0.714. The minimum absolute atomic E-state index is 0.0809. The van der Waals surface area contributed by atoms with E-state index in [0.717, 1.165) is 19.3 Å². The van der Waals surface area contributed by atoms with E-state index in [-0.39, 0.29) is 6.61 Å². The Morgan fingerprint density at radius 1 is 1.38 bits per heavy atom. The average molecular weight is 113 g/mol. The molecule has 0 unspecified atom stereocenters. The van der Waals surface area contributed by atoms with Crippen LogP contribution in [0, 0.1) is 0 Å². The first-order valence-electron chi connectivity index (χ1n) is 3.11. The van der Waals surface area contributed by atoms with Crippen LogP contribution in [0.5, 0.6) is 0 Å². The van der Waals surface area contributed by atoms with Gasteiger partial charge in [0.2, 0.25) is 0 Å². The quantitative estimate of drug-likeness (QED) is 0.393. The molecule has 0 aromatic carbocycles. The molecule has 0 spiro atoms. The van der Waals surface area contributed by atoms with Gasteiger partial charge in [0.25, 0.3) is 0 Å². The van der Waals surface area contributed by atoms with E-state index in [1.165, 1.54) is 0 Å². The van der Waals surface area contributed by atoms with Crippen molar-refractivity contribution < 1.29 is 5.11 Å². The molecule has 1 nitrogen and oxygen atoms in total. The van der Waals surface area contributed by atoms with E-state index >= 15 is 0 Å². The van der Waals surface area contributed by atoms with Gasteiger partial charge in [0.1, 0.15) is 0 Å². The van der Waals surface area contributed by atoms with Gasteiger partial charge in [0.15, 0.2) is 0 Å². The maximum atomic E-state index is 9.87. The third-order valence-electron chi connectivity index (χ3n) is 1.00. The van der Waals surface area contributed by atoms with Gasteiger partial charge in [-0.15, -0.1) is 0 Å². The Hall–Kier alpha value is -0.300. The molecular weight excluding hydrogens is 100 g/mol. The first-order chi connectivity index (χ1) is 3.91. The fourth-order valence-electron chi connectivity index (χ4n) is 0.531. The molecule has 0 fully saturated rings. The largest absolute Gasteiger partial charge is 0.237 e. The van der Waals surface area contributed by atoms with E-state index in [4.69, 9.17) is 0 Å². The molecule has 0 saturated carbocycles. The number of unbranched alkanes of at least 4 members (excludes halogenated alkanes) is 2. The average Bonchev–Trinajstić information content (AvgIpc) is 1.81. The van der Waals surface area contributed by atoms with Crippen LogP contribution in [0.2, 0.25) is 0 Å². The lowest BCUT2D eigenvalue weighted by molar-refractivity contribution is 0.187. The Morgan fingerprint density at radius 2 is 2.12 bits per heavy atom. The summed E-state index contributed by atoms with van der Waals surface area (Å²) in [6.07, 6.45) is 7.05. The van der Waals surface area contributed by atoms with E-state index in [1.807, 2.05) is 13.0 Å². The minimum atomic E-state index is 0.0809. The van der Waals surface area contributed by atoms with Crippen LogP contribution >= 0.6 is 0 Å². The minimum Gasteiger partial charge on any atom is -0.237 e. The lowest BCUT2D eigenvalue weighted by Crippen LogP contribution is -1.77. The summed E-state index contributed by atoms with van der Waals surface area (Å²) >= 11 is 0. The van der Waals surface area contributed by atoms with Gasteiger partial charge in [-0.25, -0.2) is 5.11 Å². The van der Waals surface area contributed by atoms with Crippen LogP contribution in [0.1, 0.15) is 26.2 Å². The number of hydrogen-bond acceptors (Lipinski definition) is 0. The van der Waals surface area contributed by atoms with Crippen LogP contribution in [0.3, 0.4) is 0 Å². The van der Waals surface area contributed by atoms with Crippen molar-refractivity contribution in [3.05, 3.63) is 12.2 Å². The highest BCUT2D eigenvalue weighted by atomic mass is 16.2. The van der Waals surface area contributed by atoms with Crippen LogP contribution in [0.15, 0.2) is 12.2 Å². The second kappa shape index (κ2) is 6.70. The van der Waals surface area contributed by atoms with Gasteiger partial charge in [-0.3, -0.25) is 0 Å². The summed E-state index contributed by atoms with van der Waals surface area (Å²) in [6.45, 7) is 2.08. The van der Waals surface area contributed by atoms with Crippen LogP contribution in [-0.2, 0) is 5.11 Å². The predicted molar refractivity (Wildman–Crippen MR) is 34.2 cm³/mol. The van der Waals surface area contributed by atoms with Gasteiger partial charge in [0, 0.05) is 0 Å². The third kappa shape index (κ3) is 5.70. The van der Waals surface area contributed by atoms with Gasteiger partial charge >= 0.3 is 0 Å². The summed E-state index contributed by atoms with van der Waals surface area (Å²) in [7, 11) is 0. The summed E-state index contributed by atoms with van der Waals surface area (Å²) in [4.78, 5) is 0. The molecule has 0 rings (SSSR count). The van der Waals surface area contributed by atoms with Gasteiger partial charge in [-0.2, -0.15) is 0 Å². The summed E-state index contributed by atoms with van der Waals surface area (Å²) in [5.41, 5.74) is 0. The Labute approximate surface area is 51.0 Å². The summed E-state index contributed by atoms with van der Waals surface area (Å²) in [5.74, 6) is 0. The highest BCUT2D eigenvalue weighted by Gasteiger charge is 1.80. The van der Waals surface area contributed by atoms with E-state index < -0.39 is 0 Å². The Morgan fingerprint density at radius 3 is 2.62 bits per heavy atom. The molecule has 0 N–H and O–H groups in total. The van der Waals surface area contributed by atoms with Crippen LogP contribution in [0.25, 0.3) is 0 Å². The lowest BCUT2D eigenvalue weighted by atomic mass is 10.2. The maximum Gasteiger partial charge on any atom is 0.0822 e. The predicted octanol–water partition coefficient (Wildman–Crippen LogP) is 2.16. The maximum absolute atomic E-state index is 9.87. The van der Waals surface area contributed by atoms with Gasteiger partial charge in [0.05, 0.1) is 6.61 Å². The fourth-order valence-corrected chi connectivity index (χ4v) is 0.531. The normalized spacial score (nSPS) is 10.8. The van der Waals surface area contributed by atoms with Crippen LogP contribution < -0.4 is 0 Å². The van der Waals surface area contributed by atoms with Crippen molar-refractivity contribution >= 4 is 0 Å². The summed E-state index contributed by atoms with van der Waals surface area (Å²) in [6, 6.07) is 0. The standard InChI is InChI=1S/C7H13O/c1-2-3-4-5-6-7-8/h2-3H,4-7H2,1H3/b3-2-. The van der Waals surface area contributed by atoms with Gasteiger partial charge < -0.3 is 0 Å².